The van der Waals surface area contributed by atoms with Crippen LogP contribution in [0.1, 0.15) is 23.9 Å². The fraction of sp³-hybridized carbons (Fsp3) is 0.524. The molecule has 1 N–H and O–H groups in total. The van der Waals surface area contributed by atoms with Gasteiger partial charge in [0, 0.05) is 52.0 Å². The largest absolute Gasteiger partial charge is 0.360 e. The van der Waals surface area contributed by atoms with Gasteiger partial charge in [0.25, 0.3) is 0 Å². The summed E-state index contributed by atoms with van der Waals surface area (Å²) in [7, 11) is -0.600. The van der Waals surface area contributed by atoms with E-state index in [1.165, 1.54) is 20.2 Å². The van der Waals surface area contributed by atoms with Crippen molar-refractivity contribution in [3.05, 3.63) is 41.3 Å². The molecule has 0 aliphatic carbocycles. The van der Waals surface area contributed by atoms with Crippen LogP contribution in [0.15, 0.2) is 33.7 Å². The van der Waals surface area contributed by atoms with Crippen molar-refractivity contribution < 1.29 is 17.7 Å². The molecule has 0 spiro atoms. The van der Waals surface area contributed by atoms with Gasteiger partial charge in [-0.2, -0.15) is 0 Å². The molecule has 1 aromatic heterocycles. The molecule has 31 heavy (non-hydrogen) atoms. The summed E-state index contributed by atoms with van der Waals surface area (Å²) in [5.41, 5.74) is 2.20. The number of hydrogen-bond acceptors (Lipinski definition) is 7. The van der Waals surface area contributed by atoms with Crippen LogP contribution >= 0.6 is 0 Å². The summed E-state index contributed by atoms with van der Waals surface area (Å²) in [5, 5.41) is 6.83. The fourth-order valence-corrected chi connectivity index (χ4v) is 4.46. The van der Waals surface area contributed by atoms with Gasteiger partial charge in [0.05, 0.1) is 23.2 Å². The lowest BCUT2D eigenvalue weighted by Gasteiger charge is -2.37. The van der Waals surface area contributed by atoms with E-state index >= 15 is 0 Å². The lowest BCUT2D eigenvalue weighted by atomic mass is 10.1. The Morgan fingerprint density at radius 2 is 1.87 bits per heavy atom. The number of sulfonamides is 1. The number of benzene rings is 1. The van der Waals surface area contributed by atoms with Crippen LogP contribution in [0.25, 0.3) is 0 Å². The molecule has 10 heteroatoms. The van der Waals surface area contributed by atoms with Gasteiger partial charge in [-0.15, -0.1) is 0 Å². The number of amides is 1. The highest BCUT2D eigenvalue weighted by molar-refractivity contribution is 7.89. The van der Waals surface area contributed by atoms with Crippen molar-refractivity contribution in [2.24, 2.45) is 0 Å². The molecule has 2 aromatic rings. The highest BCUT2D eigenvalue weighted by atomic mass is 32.2. The van der Waals surface area contributed by atoms with Gasteiger partial charge in [0.1, 0.15) is 0 Å². The molecule has 1 aliphatic heterocycles. The van der Waals surface area contributed by atoms with E-state index in [0.717, 1.165) is 47.5 Å². The van der Waals surface area contributed by atoms with Gasteiger partial charge in [-0.1, -0.05) is 11.2 Å². The summed E-state index contributed by atoms with van der Waals surface area (Å²) in [6, 6.07) is 6.39. The van der Waals surface area contributed by atoms with E-state index in [9.17, 15) is 13.2 Å². The molecule has 1 saturated heterocycles. The molecule has 0 radical (unpaired) electrons. The van der Waals surface area contributed by atoms with Gasteiger partial charge in [0.15, 0.2) is 5.76 Å². The number of piperazine rings is 1. The van der Waals surface area contributed by atoms with E-state index in [0.29, 0.717) is 12.2 Å². The fourth-order valence-electron chi connectivity index (χ4n) is 3.53. The highest BCUT2D eigenvalue weighted by Gasteiger charge is 2.27. The quantitative estimate of drug-likeness (QED) is 0.687. The van der Waals surface area contributed by atoms with E-state index in [1.54, 1.807) is 12.1 Å². The van der Waals surface area contributed by atoms with Crippen LogP contribution in [0, 0.1) is 13.8 Å². The van der Waals surface area contributed by atoms with Gasteiger partial charge < -0.3 is 9.84 Å². The average Bonchev–Trinajstić information content (AvgIpc) is 3.13. The number of aryl methyl sites for hydroxylation is 2. The predicted octanol–water partition coefficient (Wildman–Crippen LogP) is 1.69. The summed E-state index contributed by atoms with van der Waals surface area (Å²) < 4.78 is 31.3. The molecule has 1 fully saturated rings. The Morgan fingerprint density at radius 3 is 2.45 bits per heavy atom. The lowest BCUT2D eigenvalue weighted by Crippen LogP contribution is -2.52. The summed E-state index contributed by atoms with van der Waals surface area (Å²) in [5.74, 6) is 0.696. The van der Waals surface area contributed by atoms with Crippen molar-refractivity contribution in [2.45, 2.75) is 38.3 Å². The highest BCUT2D eigenvalue weighted by Crippen LogP contribution is 2.22. The molecule has 1 aliphatic rings. The molecule has 0 saturated carbocycles. The standard InChI is InChI=1S/C21H31N5O4S/c1-15-6-7-19(31(28,29)24(4)5)13-20(15)22-21(27)17(3)26-10-8-25(9-11-26)14-18-12-16(2)23-30-18/h6-7,12-13,17H,8-11,14H2,1-5H3,(H,22,27)/t17-/m0/s1. The van der Waals surface area contributed by atoms with Crippen molar-refractivity contribution in [3.8, 4) is 0 Å². The molecule has 1 atom stereocenters. The van der Waals surface area contributed by atoms with Crippen LogP contribution in [0.3, 0.4) is 0 Å². The molecule has 0 bridgehead atoms. The van der Waals surface area contributed by atoms with Gasteiger partial charge in [-0.05, 0) is 38.5 Å². The van der Waals surface area contributed by atoms with Crippen LogP contribution in [-0.2, 0) is 21.4 Å². The third-order valence-electron chi connectivity index (χ3n) is 5.64. The van der Waals surface area contributed by atoms with Crippen LogP contribution in [0.2, 0.25) is 0 Å². The first-order valence-corrected chi connectivity index (χ1v) is 11.7. The zero-order valence-corrected chi connectivity index (χ0v) is 19.6. The van der Waals surface area contributed by atoms with Crippen LogP contribution in [-0.4, -0.2) is 79.9 Å². The third kappa shape index (κ3) is 5.51. The number of hydrogen-bond donors (Lipinski definition) is 1. The van der Waals surface area contributed by atoms with Gasteiger partial charge in [-0.3, -0.25) is 14.6 Å². The summed E-state index contributed by atoms with van der Waals surface area (Å²) in [4.78, 5) is 17.5. The van der Waals surface area contributed by atoms with E-state index in [2.05, 4.69) is 20.3 Å². The summed E-state index contributed by atoms with van der Waals surface area (Å²) in [6.07, 6.45) is 0. The maximum Gasteiger partial charge on any atom is 0.242 e. The molecule has 170 valence electrons. The smallest absolute Gasteiger partial charge is 0.242 e. The SMILES string of the molecule is Cc1cc(CN2CCN([C@@H](C)C(=O)Nc3cc(S(=O)(=O)N(C)C)ccc3C)CC2)on1. The van der Waals surface area contributed by atoms with Crippen LogP contribution in [0.4, 0.5) is 5.69 Å². The van der Waals surface area contributed by atoms with Crippen LogP contribution in [0.5, 0.6) is 0 Å². The second-order valence-corrected chi connectivity index (χ2v) is 10.3. The van der Waals surface area contributed by atoms with E-state index in [4.69, 9.17) is 4.52 Å². The molecule has 9 nitrogen and oxygen atoms in total. The minimum atomic E-state index is -3.57. The molecule has 3 rings (SSSR count). The number of nitrogens with zero attached hydrogens (tertiary/aromatic N) is 4. The topological polar surface area (TPSA) is 99.0 Å². The molecule has 0 unspecified atom stereocenters. The maximum absolute atomic E-state index is 12.9. The van der Waals surface area contributed by atoms with Gasteiger partial charge in [0.2, 0.25) is 15.9 Å². The zero-order valence-electron chi connectivity index (χ0n) is 18.8. The Bertz CT molecular complexity index is 1030. The van der Waals surface area contributed by atoms with Crippen molar-refractivity contribution >= 4 is 21.6 Å². The number of nitrogens with one attached hydrogen (secondary N) is 1. The number of aromatic nitrogens is 1. The van der Waals surface area contributed by atoms with Gasteiger partial charge in [-0.25, -0.2) is 12.7 Å². The van der Waals surface area contributed by atoms with E-state index in [-0.39, 0.29) is 16.8 Å². The van der Waals surface area contributed by atoms with Crippen molar-refractivity contribution in [3.63, 3.8) is 0 Å². The van der Waals surface area contributed by atoms with Gasteiger partial charge >= 0.3 is 0 Å². The third-order valence-corrected chi connectivity index (χ3v) is 7.45. The summed E-state index contributed by atoms with van der Waals surface area (Å²) >= 11 is 0. The second kappa shape index (κ2) is 9.47. The Hall–Kier alpha value is -2.27. The first kappa shape index (κ1) is 23.4. The van der Waals surface area contributed by atoms with Crippen molar-refractivity contribution in [1.29, 1.82) is 0 Å². The molecule has 2 heterocycles. The average molecular weight is 450 g/mol. The minimum absolute atomic E-state index is 0.151. The summed E-state index contributed by atoms with van der Waals surface area (Å²) in [6.45, 7) is 9.50. The Labute approximate surface area is 184 Å². The zero-order chi connectivity index (χ0) is 22.8. The predicted molar refractivity (Wildman–Crippen MR) is 118 cm³/mol. The molecular formula is C21H31N5O4S. The number of carbonyl (C=O) groups excluding carboxylic acids is 1. The molecular weight excluding hydrogens is 418 g/mol. The normalized spacial score (nSPS) is 17.1. The molecule has 1 amide bonds. The van der Waals surface area contributed by atoms with E-state index < -0.39 is 10.0 Å². The van der Waals surface area contributed by atoms with Crippen molar-refractivity contribution in [1.82, 2.24) is 19.3 Å². The van der Waals surface area contributed by atoms with E-state index in [1.807, 2.05) is 26.8 Å². The number of rotatable bonds is 7. The second-order valence-electron chi connectivity index (χ2n) is 8.18. The monoisotopic (exact) mass is 449 g/mol. The van der Waals surface area contributed by atoms with Crippen LogP contribution < -0.4 is 5.32 Å². The number of anilines is 1. The first-order chi connectivity index (χ1) is 14.6. The van der Waals surface area contributed by atoms with Crippen molar-refractivity contribution in [2.75, 3.05) is 45.6 Å². The maximum atomic E-state index is 12.9. The Kier molecular flexibility index (Phi) is 7.15. The Morgan fingerprint density at radius 1 is 1.19 bits per heavy atom. The Balaban J connectivity index is 1.60. The minimum Gasteiger partial charge on any atom is -0.360 e. The lowest BCUT2D eigenvalue weighted by molar-refractivity contribution is -0.121. The number of carbonyl (C=O) groups is 1. The molecule has 1 aromatic carbocycles. The first-order valence-electron chi connectivity index (χ1n) is 10.3.